The zero-order valence-electron chi connectivity index (χ0n) is 10.1. The quantitative estimate of drug-likeness (QED) is 0.699. The molecule has 16 heavy (non-hydrogen) atoms. The number of oxazole rings is 1. The second-order valence-corrected chi connectivity index (χ2v) is 4.34. The predicted molar refractivity (Wildman–Crippen MR) is 66.6 cm³/mol. The van der Waals surface area contributed by atoms with Gasteiger partial charge in [-0.1, -0.05) is 38.3 Å². The second kappa shape index (κ2) is 5.15. The summed E-state index contributed by atoms with van der Waals surface area (Å²) >= 11 is 0. The highest BCUT2D eigenvalue weighted by Crippen LogP contribution is 2.20. The SMILES string of the molecule is CCCCCCc1nc2c(C)cccc2o1. The molecule has 0 saturated heterocycles. The Labute approximate surface area is 96.7 Å². The van der Waals surface area contributed by atoms with Gasteiger partial charge in [-0.2, -0.15) is 0 Å². The van der Waals surface area contributed by atoms with Crippen molar-refractivity contribution in [3.8, 4) is 0 Å². The minimum absolute atomic E-state index is 0.889. The maximum atomic E-state index is 5.72. The van der Waals surface area contributed by atoms with Gasteiger partial charge in [-0.15, -0.1) is 0 Å². The van der Waals surface area contributed by atoms with Crippen LogP contribution in [0.1, 0.15) is 44.1 Å². The van der Waals surface area contributed by atoms with Crippen molar-refractivity contribution in [1.82, 2.24) is 4.98 Å². The van der Waals surface area contributed by atoms with Gasteiger partial charge in [0.2, 0.25) is 0 Å². The van der Waals surface area contributed by atoms with Crippen molar-refractivity contribution < 1.29 is 4.42 Å². The number of hydrogen-bond donors (Lipinski definition) is 0. The average Bonchev–Trinajstić information content (AvgIpc) is 2.69. The number of fused-ring (bicyclic) bond motifs is 1. The van der Waals surface area contributed by atoms with Crippen LogP contribution in [-0.2, 0) is 6.42 Å². The largest absolute Gasteiger partial charge is 0.441 e. The van der Waals surface area contributed by atoms with Crippen LogP contribution in [0.3, 0.4) is 0 Å². The smallest absolute Gasteiger partial charge is 0.195 e. The van der Waals surface area contributed by atoms with Crippen LogP contribution in [-0.4, -0.2) is 4.98 Å². The Bertz CT molecular complexity index is 459. The fraction of sp³-hybridized carbons (Fsp3) is 0.500. The predicted octanol–water partition coefficient (Wildman–Crippen LogP) is 4.26. The molecule has 0 bridgehead atoms. The highest BCUT2D eigenvalue weighted by Gasteiger charge is 2.06. The molecule has 0 amide bonds. The van der Waals surface area contributed by atoms with E-state index in [9.17, 15) is 0 Å². The lowest BCUT2D eigenvalue weighted by Crippen LogP contribution is -1.85. The normalized spacial score (nSPS) is 11.1. The van der Waals surface area contributed by atoms with Crippen molar-refractivity contribution in [3.05, 3.63) is 29.7 Å². The van der Waals surface area contributed by atoms with Crippen molar-refractivity contribution in [3.63, 3.8) is 0 Å². The summed E-state index contributed by atoms with van der Waals surface area (Å²) < 4.78 is 5.72. The Balaban J connectivity index is 2.05. The van der Waals surface area contributed by atoms with E-state index in [4.69, 9.17) is 4.42 Å². The van der Waals surface area contributed by atoms with Gasteiger partial charge in [0.05, 0.1) is 0 Å². The fourth-order valence-corrected chi connectivity index (χ4v) is 1.94. The summed E-state index contributed by atoms with van der Waals surface area (Å²) in [5.41, 5.74) is 3.14. The maximum absolute atomic E-state index is 5.72. The first-order chi connectivity index (χ1) is 7.81. The van der Waals surface area contributed by atoms with E-state index in [1.165, 1.54) is 31.2 Å². The lowest BCUT2D eigenvalue weighted by Gasteiger charge is -1.94. The number of rotatable bonds is 5. The molecule has 0 N–H and O–H groups in total. The van der Waals surface area contributed by atoms with Crippen molar-refractivity contribution in [2.45, 2.75) is 46.0 Å². The highest BCUT2D eigenvalue weighted by molar-refractivity contribution is 5.76. The molecule has 2 aromatic rings. The van der Waals surface area contributed by atoms with Gasteiger partial charge in [-0.3, -0.25) is 0 Å². The molecule has 0 saturated carbocycles. The van der Waals surface area contributed by atoms with Gasteiger partial charge in [0.1, 0.15) is 5.52 Å². The van der Waals surface area contributed by atoms with Crippen LogP contribution in [0, 0.1) is 6.92 Å². The van der Waals surface area contributed by atoms with Gasteiger partial charge >= 0.3 is 0 Å². The molecule has 0 fully saturated rings. The first-order valence-corrected chi connectivity index (χ1v) is 6.16. The standard InChI is InChI=1S/C14H19NO/c1-3-4-5-6-10-13-15-14-11(2)8-7-9-12(14)16-13/h7-9H,3-6,10H2,1-2H3. The average molecular weight is 217 g/mol. The Hall–Kier alpha value is -1.31. The zero-order valence-corrected chi connectivity index (χ0v) is 10.1. The van der Waals surface area contributed by atoms with Crippen LogP contribution < -0.4 is 0 Å². The maximum Gasteiger partial charge on any atom is 0.195 e. The summed E-state index contributed by atoms with van der Waals surface area (Å²) in [6, 6.07) is 6.08. The monoisotopic (exact) mass is 217 g/mol. The van der Waals surface area contributed by atoms with Gasteiger partial charge in [0.25, 0.3) is 0 Å². The number of benzene rings is 1. The summed E-state index contributed by atoms with van der Waals surface area (Å²) in [5.74, 6) is 0.889. The summed E-state index contributed by atoms with van der Waals surface area (Å²) in [5, 5.41) is 0. The van der Waals surface area contributed by atoms with Crippen molar-refractivity contribution in [2.24, 2.45) is 0 Å². The molecule has 0 unspecified atom stereocenters. The number of aromatic nitrogens is 1. The fourth-order valence-electron chi connectivity index (χ4n) is 1.94. The second-order valence-electron chi connectivity index (χ2n) is 4.34. The summed E-state index contributed by atoms with van der Waals surface area (Å²) in [6.45, 7) is 4.30. The minimum atomic E-state index is 0.889. The number of hydrogen-bond acceptors (Lipinski definition) is 2. The summed E-state index contributed by atoms with van der Waals surface area (Å²) in [4.78, 5) is 4.54. The van der Waals surface area contributed by atoms with E-state index in [-0.39, 0.29) is 0 Å². The number of nitrogens with zero attached hydrogens (tertiary/aromatic N) is 1. The zero-order chi connectivity index (χ0) is 11.4. The Morgan fingerprint density at radius 1 is 1.19 bits per heavy atom. The molecular weight excluding hydrogens is 198 g/mol. The van der Waals surface area contributed by atoms with Gasteiger partial charge < -0.3 is 4.42 Å². The third-order valence-electron chi connectivity index (χ3n) is 2.91. The molecule has 2 rings (SSSR count). The van der Waals surface area contributed by atoms with E-state index in [0.29, 0.717) is 0 Å². The van der Waals surface area contributed by atoms with E-state index >= 15 is 0 Å². The van der Waals surface area contributed by atoms with E-state index in [0.717, 1.165) is 23.4 Å². The molecule has 0 aliphatic carbocycles. The molecular formula is C14H19NO. The van der Waals surface area contributed by atoms with E-state index < -0.39 is 0 Å². The van der Waals surface area contributed by atoms with Crippen LogP contribution in [0.4, 0.5) is 0 Å². The molecule has 2 heteroatoms. The molecule has 0 aliphatic heterocycles. The lowest BCUT2D eigenvalue weighted by atomic mass is 10.1. The van der Waals surface area contributed by atoms with Crippen LogP contribution in [0.5, 0.6) is 0 Å². The van der Waals surface area contributed by atoms with Gasteiger partial charge in [-0.05, 0) is 25.0 Å². The summed E-state index contributed by atoms with van der Waals surface area (Å²) in [7, 11) is 0. The minimum Gasteiger partial charge on any atom is -0.441 e. The van der Waals surface area contributed by atoms with Crippen molar-refractivity contribution >= 4 is 11.1 Å². The highest BCUT2D eigenvalue weighted by atomic mass is 16.3. The van der Waals surface area contributed by atoms with Crippen molar-refractivity contribution in [1.29, 1.82) is 0 Å². The van der Waals surface area contributed by atoms with Crippen LogP contribution in [0.15, 0.2) is 22.6 Å². The molecule has 86 valence electrons. The third kappa shape index (κ3) is 2.43. The van der Waals surface area contributed by atoms with Crippen LogP contribution in [0.25, 0.3) is 11.1 Å². The summed E-state index contributed by atoms with van der Waals surface area (Å²) in [6.07, 6.45) is 5.99. The number of aryl methyl sites for hydroxylation is 2. The molecule has 2 nitrogen and oxygen atoms in total. The van der Waals surface area contributed by atoms with Gasteiger partial charge in [-0.25, -0.2) is 4.98 Å². The number of para-hydroxylation sites is 1. The van der Waals surface area contributed by atoms with Crippen LogP contribution in [0.2, 0.25) is 0 Å². The number of unbranched alkanes of at least 4 members (excludes halogenated alkanes) is 3. The Morgan fingerprint density at radius 2 is 2.06 bits per heavy atom. The molecule has 1 aromatic carbocycles. The molecule has 1 heterocycles. The molecule has 1 aromatic heterocycles. The molecule has 0 spiro atoms. The first kappa shape index (κ1) is 11.2. The lowest BCUT2D eigenvalue weighted by molar-refractivity contribution is 0.509. The molecule has 0 radical (unpaired) electrons. The Kier molecular flexibility index (Phi) is 3.60. The topological polar surface area (TPSA) is 26.0 Å². The Morgan fingerprint density at radius 3 is 2.81 bits per heavy atom. The molecule has 0 aliphatic rings. The van der Waals surface area contributed by atoms with Crippen molar-refractivity contribution in [2.75, 3.05) is 0 Å². The third-order valence-corrected chi connectivity index (χ3v) is 2.91. The van der Waals surface area contributed by atoms with E-state index in [1.807, 2.05) is 12.1 Å². The first-order valence-electron chi connectivity index (χ1n) is 6.16. The van der Waals surface area contributed by atoms with Gasteiger partial charge in [0.15, 0.2) is 11.5 Å². The van der Waals surface area contributed by atoms with E-state index in [1.54, 1.807) is 0 Å². The van der Waals surface area contributed by atoms with E-state index in [2.05, 4.69) is 24.9 Å². The van der Waals surface area contributed by atoms with Gasteiger partial charge in [0, 0.05) is 6.42 Å². The van der Waals surface area contributed by atoms with Crippen LogP contribution >= 0.6 is 0 Å². The molecule has 0 atom stereocenters.